The number of hydrogen-bond acceptors (Lipinski definition) is 2. The van der Waals surface area contributed by atoms with Gasteiger partial charge in [0.15, 0.2) is 0 Å². The van der Waals surface area contributed by atoms with Gasteiger partial charge in [0.1, 0.15) is 0 Å². The molecule has 0 spiro atoms. The highest BCUT2D eigenvalue weighted by atomic mass is 16.1. The molecule has 1 atom stereocenters. The Morgan fingerprint density at radius 2 is 2.19 bits per heavy atom. The first-order valence-corrected chi connectivity index (χ1v) is 8.10. The third kappa shape index (κ3) is 3.66. The highest BCUT2D eigenvalue weighted by Crippen LogP contribution is 2.24. The van der Waals surface area contributed by atoms with E-state index in [4.69, 9.17) is 0 Å². The van der Waals surface area contributed by atoms with Crippen molar-refractivity contribution in [2.75, 3.05) is 18.4 Å². The van der Waals surface area contributed by atoms with Crippen LogP contribution in [0.25, 0.3) is 0 Å². The molecule has 0 fully saturated rings. The van der Waals surface area contributed by atoms with E-state index in [2.05, 4.69) is 28.8 Å². The van der Waals surface area contributed by atoms with Crippen LogP contribution in [0.5, 0.6) is 0 Å². The molecule has 21 heavy (non-hydrogen) atoms. The fraction of sp³-hybridized carbons (Fsp3) is 0.500. The van der Waals surface area contributed by atoms with E-state index in [1.165, 1.54) is 42.5 Å². The quantitative estimate of drug-likeness (QED) is 0.833. The minimum Gasteiger partial charge on any atom is -0.384 e. The van der Waals surface area contributed by atoms with Gasteiger partial charge in [0.25, 0.3) is 0 Å². The van der Waals surface area contributed by atoms with Crippen LogP contribution in [0.2, 0.25) is 0 Å². The lowest BCUT2D eigenvalue weighted by molar-refractivity contribution is -0.124. The molecule has 0 radical (unpaired) electrons. The molecule has 3 rings (SSSR count). The average Bonchev–Trinajstić information content (AvgIpc) is 2.55. The largest absolute Gasteiger partial charge is 0.384 e. The number of fused-ring (bicyclic) bond motifs is 1. The summed E-state index contributed by atoms with van der Waals surface area (Å²) in [6.07, 6.45) is 9.28. The van der Waals surface area contributed by atoms with Gasteiger partial charge in [0, 0.05) is 18.8 Å². The average molecular weight is 284 g/mol. The molecule has 1 heterocycles. The van der Waals surface area contributed by atoms with Crippen molar-refractivity contribution < 1.29 is 4.79 Å². The smallest absolute Gasteiger partial charge is 0.225 e. The summed E-state index contributed by atoms with van der Waals surface area (Å²) in [4.78, 5) is 12.3. The van der Waals surface area contributed by atoms with Crippen LogP contribution in [-0.2, 0) is 11.2 Å². The zero-order valence-electron chi connectivity index (χ0n) is 12.5. The Hall–Kier alpha value is -1.77. The highest BCUT2D eigenvalue weighted by molar-refractivity contribution is 5.80. The van der Waals surface area contributed by atoms with Gasteiger partial charge in [-0.3, -0.25) is 4.79 Å². The molecule has 3 heteroatoms. The summed E-state index contributed by atoms with van der Waals surface area (Å²) in [7, 11) is 0. The number of para-hydroxylation sites is 1. The maximum Gasteiger partial charge on any atom is 0.225 e. The van der Waals surface area contributed by atoms with Crippen molar-refractivity contribution in [3.63, 3.8) is 0 Å². The normalized spacial score (nSPS) is 21.0. The number of hydrogen-bond donors (Lipinski definition) is 2. The molecule has 3 nitrogen and oxygen atoms in total. The molecule has 2 N–H and O–H groups in total. The van der Waals surface area contributed by atoms with E-state index in [-0.39, 0.29) is 11.8 Å². The predicted molar refractivity (Wildman–Crippen MR) is 86.3 cm³/mol. The Balaban J connectivity index is 1.47. The summed E-state index contributed by atoms with van der Waals surface area (Å²) in [6.45, 7) is 1.52. The van der Waals surface area contributed by atoms with Crippen molar-refractivity contribution in [3.05, 3.63) is 41.5 Å². The van der Waals surface area contributed by atoms with Crippen LogP contribution in [0.1, 0.15) is 37.7 Å². The summed E-state index contributed by atoms with van der Waals surface area (Å²) < 4.78 is 0. The molecule has 1 aliphatic heterocycles. The molecular formula is C18H24N2O. The van der Waals surface area contributed by atoms with E-state index >= 15 is 0 Å². The van der Waals surface area contributed by atoms with E-state index in [1.54, 1.807) is 0 Å². The van der Waals surface area contributed by atoms with E-state index in [0.717, 1.165) is 25.9 Å². The van der Waals surface area contributed by atoms with Gasteiger partial charge in [-0.2, -0.15) is 0 Å². The first-order valence-electron chi connectivity index (χ1n) is 8.10. The first kappa shape index (κ1) is 14.2. The van der Waals surface area contributed by atoms with Crippen molar-refractivity contribution in [3.8, 4) is 0 Å². The fourth-order valence-electron chi connectivity index (χ4n) is 3.25. The molecule has 0 saturated carbocycles. The van der Waals surface area contributed by atoms with Crippen molar-refractivity contribution in [1.82, 2.24) is 5.32 Å². The second kappa shape index (κ2) is 6.79. The highest BCUT2D eigenvalue weighted by Gasteiger charge is 2.23. The van der Waals surface area contributed by atoms with Crippen molar-refractivity contribution in [2.24, 2.45) is 5.92 Å². The predicted octanol–water partition coefficient (Wildman–Crippen LogP) is 3.28. The van der Waals surface area contributed by atoms with Crippen LogP contribution >= 0.6 is 0 Å². The van der Waals surface area contributed by atoms with E-state index in [1.807, 2.05) is 12.1 Å². The third-order valence-corrected chi connectivity index (χ3v) is 4.52. The second-order valence-corrected chi connectivity index (χ2v) is 6.09. The molecule has 112 valence electrons. The Kier molecular flexibility index (Phi) is 4.59. The number of benzene rings is 1. The lowest BCUT2D eigenvalue weighted by Gasteiger charge is -2.25. The Labute approximate surface area is 126 Å². The molecule has 1 aromatic rings. The number of nitrogens with one attached hydrogen (secondary N) is 2. The van der Waals surface area contributed by atoms with Crippen molar-refractivity contribution in [2.45, 2.75) is 38.5 Å². The van der Waals surface area contributed by atoms with Gasteiger partial charge in [-0.15, -0.1) is 0 Å². The first-order chi connectivity index (χ1) is 10.3. The van der Waals surface area contributed by atoms with Gasteiger partial charge in [0.05, 0.1) is 5.92 Å². The van der Waals surface area contributed by atoms with Crippen LogP contribution in [0.15, 0.2) is 35.9 Å². The van der Waals surface area contributed by atoms with Crippen LogP contribution in [0.4, 0.5) is 5.69 Å². The zero-order chi connectivity index (χ0) is 14.5. The van der Waals surface area contributed by atoms with Gasteiger partial charge >= 0.3 is 0 Å². The maximum absolute atomic E-state index is 12.3. The molecule has 1 unspecified atom stereocenters. The van der Waals surface area contributed by atoms with Crippen molar-refractivity contribution >= 4 is 11.6 Å². The van der Waals surface area contributed by atoms with E-state index in [9.17, 15) is 4.79 Å². The number of amides is 1. The standard InChI is InChI=1S/C18H24N2O/c21-18(19-11-10-14-6-2-1-3-7-14)16-12-15-8-4-5-9-17(15)20-13-16/h4-6,8-9,16,20H,1-3,7,10-13H2,(H,19,21). The Morgan fingerprint density at radius 1 is 1.29 bits per heavy atom. The summed E-state index contributed by atoms with van der Waals surface area (Å²) in [6, 6.07) is 8.26. The number of carbonyl (C=O) groups is 1. The van der Waals surface area contributed by atoms with Gasteiger partial charge < -0.3 is 10.6 Å². The lowest BCUT2D eigenvalue weighted by Crippen LogP contribution is -2.38. The molecule has 1 amide bonds. The van der Waals surface area contributed by atoms with Gasteiger partial charge in [-0.1, -0.05) is 29.8 Å². The van der Waals surface area contributed by atoms with Gasteiger partial charge in [0.2, 0.25) is 5.91 Å². The van der Waals surface area contributed by atoms with Gasteiger partial charge in [-0.05, 0) is 50.2 Å². The van der Waals surface area contributed by atoms with E-state index in [0.29, 0.717) is 0 Å². The van der Waals surface area contributed by atoms with Gasteiger partial charge in [-0.25, -0.2) is 0 Å². The summed E-state index contributed by atoms with van der Waals surface area (Å²) in [5.41, 5.74) is 3.95. The number of rotatable bonds is 4. The molecule has 0 bridgehead atoms. The fourth-order valence-corrected chi connectivity index (χ4v) is 3.25. The molecule has 0 aromatic heterocycles. The van der Waals surface area contributed by atoms with Crippen molar-refractivity contribution in [1.29, 1.82) is 0 Å². The van der Waals surface area contributed by atoms with Crippen LogP contribution in [-0.4, -0.2) is 19.0 Å². The monoisotopic (exact) mass is 284 g/mol. The Morgan fingerprint density at radius 3 is 3.05 bits per heavy atom. The molecule has 1 aromatic carbocycles. The maximum atomic E-state index is 12.3. The molecule has 0 saturated heterocycles. The SMILES string of the molecule is O=C(NCCC1=CCCCC1)C1CNc2ccccc2C1. The van der Waals surface area contributed by atoms with Crippen LogP contribution in [0, 0.1) is 5.92 Å². The summed E-state index contributed by atoms with van der Waals surface area (Å²) >= 11 is 0. The molecule has 1 aliphatic carbocycles. The minimum atomic E-state index is 0.0558. The number of allylic oxidation sites excluding steroid dienone is 1. The number of anilines is 1. The molecular weight excluding hydrogens is 260 g/mol. The number of carbonyl (C=O) groups excluding carboxylic acids is 1. The van der Waals surface area contributed by atoms with Crippen LogP contribution in [0.3, 0.4) is 0 Å². The zero-order valence-corrected chi connectivity index (χ0v) is 12.5. The second-order valence-electron chi connectivity index (χ2n) is 6.09. The molecule has 2 aliphatic rings. The summed E-state index contributed by atoms with van der Waals surface area (Å²) in [5, 5.41) is 6.47. The Bertz CT molecular complexity index is 536. The topological polar surface area (TPSA) is 41.1 Å². The lowest BCUT2D eigenvalue weighted by atomic mass is 9.93. The third-order valence-electron chi connectivity index (χ3n) is 4.52. The van der Waals surface area contributed by atoms with E-state index < -0.39 is 0 Å². The minimum absolute atomic E-state index is 0.0558. The van der Waals surface area contributed by atoms with Crippen LogP contribution < -0.4 is 10.6 Å². The summed E-state index contributed by atoms with van der Waals surface area (Å²) in [5.74, 6) is 0.244.